The van der Waals surface area contributed by atoms with Crippen LogP contribution in [0.3, 0.4) is 0 Å². The van der Waals surface area contributed by atoms with Crippen LogP contribution in [0.1, 0.15) is 6.92 Å². The Kier molecular flexibility index (Phi) is 4.85. The van der Waals surface area contributed by atoms with E-state index in [1.54, 1.807) is 13.3 Å². The second kappa shape index (κ2) is 4.97. The molecule has 0 amide bonds. The van der Waals surface area contributed by atoms with Gasteiger partial charge in [0.2, 0.25) is 0 Å². The predicted octanol–water partition coefficient (Wildman–Crippen LogP) is 1.49. The van der Waals surface area contributed by atoms with E-state index < -0.39 is 13.0 Å². The van der Waals surface area contributed by atoms with Crippen LogP contribution in [0.2, 0.25) is 0 Å². The summed E-state index contributed by atoms with van der Waals surface area (Å²) in [4.78, 5) is 0. The summed E-state index contributed by atoms with van der Waals surface area (Å²) in [5.41, 5.74) is 0. The molecule has 0 fully saturated rings. The second-order valence-corrected chi connectivity index (χ2v) is 1.34. The zero-order chi connectivity index (χ0) is 6.41. The Bertz CT molecular complexity index is 47.7. The number of halogens is 2. The first-order chi connectivity index (χ1) is 3.77. The smallest absolute Gasteiger partial charge is 0.261 e. The first-order valence-corrected chi connectivity index (χ1v) is 2.41. The molecule has 0 unspecified atom stereocenters. The van der Waals surface area contributed by atoms with E-state index in [1.165, 1.54) is 0 Å². The van der Waals surface area contributed by atoms with Gasteiger partial charge in [-0.2, -0.15) is 0 Å². The molecule has 8 heavy (non-hydrogen) atoms. The molecule has 0 rings (SSSR count). The van der Waals surface area contributed by atoms with Crippen molar-refractivity contribution < 1.29 is 13.5 Å². The molecule has 0 atom stereocenters. The van der Waals surface area contributed by atoms with Crippen molar-refractivity contribution in [3.8, 4) is 0 Å². The van der Waals surface area contributed by atoms with Crippen molar-refractivity contribution in [2.75, 3.05) is 13.2 Å². The third-order valence-electron chi connectivity index (χ3n) is 0.528. The molecule has 1 nitrogen and oxygen atoms in total. The van der Waals surface area contributed by atoms with Crippen LogP contribution in [0.4, 0.5) is 8.78 Å². The predicted molar refractivity (Wildman–Crippen MR) is 26.8 cm³/mol. The van der Waals surface area contributed by atoms with Crippen LogP contribution in [0.25, 0.3) is 0 Å². The third-order valence-corrected chi connectivity index (χ3v) is 0.528. The maximum absolute atomic E-state index is 11.2. The lowest BCUT2D eigenvalue weighted by atomic mass is 10.5. The minimum atomic E-state index is -2.34. The average Bonchev–Trinajstić information content (AvgIpc) is 1.66. The van der Waals surface area contributed by atoms with E-state index >= 15 is 0 Å². The van der Waals surface area contributed by atoms with Gasteiger partial charge in [0.25, 0.3) is 6.43 Å². The summed E-state index contributed by atoms with van der Waals surface area (Å²) in [5, 5.41) is 0. The normalized spacial score (nSPS) is 10.5. The molecule has 0 aliphatic rings. The quantitative estimate of drug-likeness (QED) is 0.514. The lowest BCUT2D eigenvalue weighted by molar-refractivity contribution is 0.0256. The highest BCUT2D eigenvalue weighted by molar-refractivity contribution is 4.51. The summed E-state index contributed by atoms with van der Waals surface area (Å²) in [6.07, 6.45) is -0.655. The molecule has 1 radical (unpaired) electrons. The number of alkyl halides is 2. The SMILES string of the molecule is C[CH]COCC(F)F. The van der Waals surface area contributed by atoms with Gasteiger partial charge in [-0.05, 0) is 6.42 Å². The molecule has 0 saturated heterocycles. The molecule has 0 aromatic carbocycles. The highest BCUT2D eigenvalue weighted by atomic mass is 19.3. The highest BCUT2D eigenvalue weighted by Gasteiger charge is 1.99. The van der Waals surface area contributed by atoms with Crippen molar-refractivity contribution in [1.29, 1.82) is 0 Å². The van der Waals surface area contributed by atoms with Crippen molar-refractivity contribution in [3.05, 3.63) is 6.42 Å². The Balaban J connectivity index is 2.72. The van der Waals surface area contributed by atoms with Gasteiger partial charge in [-0.25, -0.2) is 8.78 Å². The standard InChI is InChI=1S/C5H9F2O/c1-2-3-8-4-5(6)7/h2,5H,3-4H2,1H3. The van der Waals surface area contributed by atoms with E-state index in [0.717, 1.165) is 0 Å². The molecular formula is C5H9F2O. The van der Waals surface area contributed by atoms with E-state index in [1.807, 2.05) is 0 Å². The van der Waals surface area contributed by atoms with Crippen LogP contribution in [0, 0.1) is 6.42 Å². The highest BCUT2D eigenvalue weighted by Crippen LogP contribution is 1.91. The van der Waals surface area contributed by atoms with Crippen LogP contribution >= 0.6 is 0 Å². The number of hydrogen-bond acceptors (Lipinski definition) is 1. The molecule has 0 aromatic heterocycles. The minimum absolute atomic E-state index is 0.310. The van der Waals surface area contributed by atoms with Crippen molar-refractivity contribution >= 4 is 0 Å². The Morgan fingerprint density at radius 1 is 1.62 bits per heavy atom. The maximum Gasteiger partial charge on any atom is 0.261 e. The van der Waals surface area contributed by atoms with Crippen LogP contribution < -0.4 is 0 Å². The van der Waals surface area contributed by atoms with E-state index in [4.69, 9.17) is 0 Å². The molecule has 0 saturated carbocycles. The maximum atomic E-state index is 11.2. The molecule has 0 bridgehead atoms. The summed E-state index contributed by atoms with van der Waals surface area (Å²) >= 11 is 0. The summed E-state index contributed by atoms with van der Waals surface area (Å²) in [5.74, 6) is 0. The Labute approximate surface area is 47.6 Å². The van der Waals surface area contributed by atoms with Gasteiger partial charge in [-0.1, -0.05) is 6.92 Å². The molecule has 49 valence electrons. The molecule has 0 aliphatic carbocycles. The van der Waals surface area contributed by atoms with Crippen LogP contribution in [0.5, 0.6) is 0 Å². The van der Waals surface area contributed by atoms with Crippen molar-refractivity contribution in [2.24, 2.45) is 0 Å². The molecule has 0 aromatic rings. The zero-order valence-corrected chi connectivity index (χ0v) is 4.73. The van der Waals surface area contributed by atoms with Gasteiger partial charge in [0.1, 0.15) is 6.61 Å². The van der Waals surface area contributed by atoms with E-state index in [-0.39, 0.29) is 0 Å². The van der Waals surface area contributed by atoms with Gasteiger partial charge in [-0.3, -0.25) is 0 Å². The fourth-order valence-corrected chi connectivity index (χ4v) is 0.275. The third kappa shape index (κ3) is 5.82. The van der Waals surface area contributed by atoms with Gasteiger partial charge in [-0.15, -0.1) is 0 Å². The average molecular weight is 123 g/mol. The summed E-state index contributed by atoms with van der Waals surface area (Å²) < 4.78 is 26.9. The van der Waals surface area contributed by atoms with Crippen LogP contribution in [-0.4, -0.2) is 19.6 Å². The fourth-order valence-electron chi connectivity index (χ4n) is 0.275. The van der Waals surface area contributed by atoms with Gasteiger partial charge in [0, 0.05) is 6.61 Å². The summed E-state index contributed by atoms with van der Waals surface area (Å²) in [6.45, 7) is 1.61. The molecule has 0 N–H and O–H groups in total. The minimum Gasteiger partial charge on any atom is -0.375 e. The molecular weight excluding hydrogens is 114 g/mol. The molecule has 0 heterocycles. The number of hydrogen-bond donors (Lipinski definition) is 0. The summed E-state index contributed by atoms with van der Waals surface area (Å²) in [6, 6.07) is 0. The monoisotopic (exact) mass is 123 g/mol. The van der Waals surface area contributed by atoms with Crippen LogP contribution in [-0.2, 0) is 4.74 Å². The fraction of sp³-hybridized carbons (Fsp3) is 0.800. The number of ether oxygens (including phenoxy) is 1. The van der Waals surface area contributed by atoms with Crippen LogP contribution in [0.15, 0.2) is 0 Å². The zero-order valence-electron chi connectivity index (χ0n) is 4.73. The lowest BCUT2D eigenvalue weighted by Crippen LogP contribution is -2.04. The largest absolute Gasteiger partial charge is 0.375 e. The van der Waals surface area contributed by atoms with Gasteiger partial charge in [0.15, 0.2) is 0 Å². The van der Waals surface area contributed by atoms with Crippen molar-refractivity contribution in [2.45, 2.75) is 13.3 Å². The Morgan fingerprint density at radius 2 is 2.25 bits per heavy atom. The van der Waals surface area contributed by atoms with E-state index in [2.05, 4.69) is 4.74 Å². The topological polar surface area (TPSA) is 9.23 Å². The molecule has 3 heteroatoms. The van der Waals surface area contributed by atoms with Crippen molar-refractivity contribution in [1.82, 2.24) is 0 Å². The van der Waals surface area contributed by atoms with E-state index in [0.29, 0.717) is 6.61 Å². The first-order valence-electron chi connectivity index (χ1n) is 2.41. The lowest BCUT2D eigenvalue weighted by Gasteiger charge is -1.97. The van der Waals surface area contributed by atoms with E-state index in [9.17, 15) is 8.78 Å². The number of rotatable bonds is 4. The Morgan fingerprint density at radius 3 is 2.62 bits per heavy atom. The van der Waals surface area contributed by atoms with Crippen molar-refractivity contribution in [3.63, 3.8) is 0 Å². The first kappa shape index (κ1) is 7.82. The van der Waals surface area contributed by atoms with Gasteiger partial charge in [0.05, 0.1) is 0 Å². The second-order valence-electron chi connectivity index (χ2n) is 1.34. The molecule has 0 spiro atoms. The molecule has 0 aliphatic heterocycles. The Hall–Kier alpha value is -0.180. The van der Waals surface area contributed by atoms with Gasteiger partial charge >= 0.3 is 0 Å². The van der Waals surface area contributed by atoms with Gasteiger partial charge < -0.3 is 4.74 Å². The summed E-state index contributed by atoms with van der Waals surface area (Å²) in [7, 11) is 0.